The summed E-state index contributed by atoms with van der Waals surface area (Å²) in [5, 5.41) is 16.8. The SMILES string of the molecule is CNC(C)C.CNCC(=O)NC(C(=O)N1CCCC1)c1ccc(C#CC(NC=O)C(=O)N2CCCC2)cc1.O=CNC1CCCc2ccccc21.O=CNC1CCCc2ccccc21. The summed E-state index contributed by atoms with van der Waals surface area (Å²) in [5.41, 5.74) is 6.65. The maximum Gasteiger partial charge on any atom is 0.257 e. The molecule has 2 aliphatic carbocycles. The van der Waals surface area contributed by atoms with E-state index in [0.717, 1.165) is 64.2 Å². The van der Waals surface area contributed by atoms with Gasteiger partial charge >= 0.3 is 0 Å². The second kappa shape index (κ2) is 27.9. The van der Waals surface area contributed by atoms with E-state index >= 15 is 0 Å². The van der Waals surface area contributed by atoms with Crippen molar-refractivity contribution in [1.82, 2.24) is 41.7 Å². The van der Waals surface area contributed by atoms with Gasteiger partial charge in [0.1, 0.15) is 6.04 Å². The number of benzene rings is 3. The van der Waals surface area contributed by atoms with Crippen molar-refractivity contribution >= 4 is 37.0 Å². The van der Waals surface area contributed by atoms with Gasteiger partial charge in [0.25, 0.3) is 5.91 Å². The van der Waals surface area contributed by atoms with Crippen LogP contribution in [-0.2, 0) is 41.6 Å². The van der Waals surface area contributed by atoms with Crippen LogP contribution in [0.3, 0.4) is 0 Å². The maximum atomic E-state index is 13.0. The van der Waals surface area contributed by atoms with Gasteiger partial charge < -0.3 is 41.7 Å². The zero-order valence-electron chi connectivity index (χ0n) is 38.0. The lowest BCUT2D eigenvalue weighted by Gasteiger charge is -2.24. The molecule has 3 aromatic carbocycles. The number of likely N-dealkylation sites (N-methyl/N-ethyl adjacent to an activating group) is 1. The van der Waals surface area contributed by atoms with Gasteiger partial charge in [-0.15, -0.1) is 0 Å². The molecule has 4 aliphatic rings. The van der Waals surface area contributed by atoms with Gasteiger partial charge in [0.2, 0.25) is 31.0 Å². The van der Waals surface area contributed by atoms with Crippen molar-refractivity contribution in [2.24, 2.45) is 0 Å². The van der Waals surface area contributed by atoms with Gasteiger partial charge in [0.15, 0.2) is 6.04 Å². The van der Waals surface area contributed by atoms with Crippen LogP contribution in [0.15, 0.2) is 72.8 Å². The van der Waals surface area contributed by atoms with Gasteiger partial charge in [0.05, 0.1) is 18.6 Å². The number of rotatable bonds is 13. The molecule has 2 fully saturated rings. The van der Waals surface area contributed by atoms with E-state index in [0.29, 0.717) is 49.8 Å². The first kappa shape index (κ1) is 50.6. The summed E-state index contributed by atoms with van der Waals surface area (Å²) >= 11 is 0. The molecule has 64 heavy (non-hydrogen) atoms. The van der Waals surface area contributed by atoms with E-state index < -0.39 is 12.1 Å². The highest BCUT2D eigenvalue weighted by Gasteiger charge is 2.29. The van der Waals surface area contributed by atoms with Crippen LogP contribution in [0.25, 0.3) is 0 Å². The number of nitrogens with one attached hydrogen (secondary N) is 6. The summed E-state index contributed by atoms with van der Waals surface area (Å²) in [7, 11) is 3.62. The van der Waals surface area contributed by atoms with Crippen LogP contribution in [0.4, 0.5) is 0 Å². The molecular formula is C50H68N8O6. The Balaban J connectivity index is 0.000000234. The van der Waals surface area contributed by atoms with Crippen molar-refractivity contribution in [3.8, 4) is 11.8 Å². The van der Waals surface area contributed by atoms with Crippen molar-refractivity contribution in [2.45, 2.75) is 108 Å². The molecule has 2 saturated heterocycles. The highest BCUT2D eigenvalue weighted by Crippen LogP contribution is 2.30. The minimum absolute atomic E-state index is 0.115. The van der Waals surface area contributed by atoms with E-state index in [1.165, 1.54) is 35.1 Å². The number of aryl methyl sites for hydroxylation is 2. The predicted molar refractivity (Wildman–Crippen MR) is 250 cm³/mol. The monoisotopic (exact) mass is 877 g/mol. The number of hydrogen-bond acceptors (Lipinski definition) is 8. The summed E-state index contributed by atoms with van der Waals surface area (Å²) in [5.74, 6) is 5.19. The van der Waals surface area contributed by atoms with E-state index in [9.17, 15) is 28.8 Å². The summed E-state index contributed by atoms with van der Waals surface area (Å²) in [4.78, 5) is 73.0. The third-order valence-electron chi connectivity index (χ3n) is 11.7. The van der Waals surface area contributed by atoms with Gasteiger partial charge in [-0.25, -0.2) is 0 Å². The second-order valence-electron chi connectivity index (χ2n) is 16.5. The zero-order valence-corrected chi connectivity index (χ0v) is 38.0. The molecule has 6 N–H and O–H groups in total. The molecule has 14 heteroatoms. The Bertz CT molecular complexity index is 1940. The van der Waals surface area contributed by atoms with Crippen molar-refractivity contribution in [3.63, 3.8) is 0 Å². The molecule has 0 radical (unpaired) electrons. The number of hydrogen-bond donors (Lipinski definition) is 6. The molecule has 0 saturated carbocycles. The fraction of sp³-hybridized carbons (Fsp3) is 0.480. The fourth-order valence-electron chi connectivity index (χ4n) is 8.08. The van der Waals surface area contributed by atoms with E-state index in [2.05, 4.69) is 94.0 Å². The number of amides is 6. The smallest absolute Gasteiger partial charge is 0.257 e. The van der Waals surface area contributed by atoms with Gasteiger partial charge in [-0.2, -0.15) is 0 Å². The predicted octanol–water partition coefficient (Wildman–Crippen LogP) is 4.01. The Labute approximate surface area is 379 Å². The first-order valence-electron chi connectivity index (χ1n) is 22.7. The lowest BCUT2D eigenvalue weighted by molar-refractivity contribution is -0.135. The summed E-state index contributed by atoms with van der Waals surface area (Å²) in [6, 6.07) is 23.1. The van der Waals surface area contributed by atoms with Crippen LogP contribution in [0.5, 0.6) is 0 Å². The largest absolute Gasteiger partial charge is 0.352 e. The molecule has 0 spiro atoms. The molecular weight excluding hydrogens is 809 g/mol. The molecule has 344 valence electrons. The van der Waals surface area contributed by atoms with Crippen molar-refractivity contribution in [3.05, 3.63) is 106 Å². The van der Waals surface area contributed by atoms with Crippen molar-refractivity contribution < 1.29 is 28.8 Å². The number of nitrogens with zero attached hydrogens (tertiary/aromatic N) is 2. The second-order valence-corrected chi connectivity index (χ2v) is 16.5. The molecule has 4 unspecified atom stereocenters. The molecule has 4 atom stereocenters. The average molecular weight is 877 g/mol. The third-order valence-corrected chi connectivity index (χ3v) is 11.7. The number of fused-ring (bicyclic) bond motifs is 2. The summed E-state index contributed by atoms with van der Waals surface area (Å²) in [6.45, 7) is 7.08. The lowest BCUT2D eigenvalue weighted by Crippen LogP contribution is -2.44. The molecule has 3 aromatic rings. The minimum Gasteiger partial charge on any atom is -0.352 e. The van der Waals surface area contributed by atoms with Crippen LogP contribution in [-0.4, -0.2) is 106 Å². The Morgan fingerprint density at radius 2 is 1.16 bits per heavy atom. The highest BCUT2D eigenvalue weighted by molar-refractivity contribution is 5.89. The first-order valence-corrected chi connectivity index (χ1v) is 22.7. The summed E-state index contributed by atoms with van der Waals surface area (Å²) < 4.78 is 0. The van der Waals surface area contributed by atoms with Gasteiger partial charge in [-0.3, -0.25) is 28.8 Å². The van der Waals surface area contributed by atoms with Crippen LogP contribution >= 0.6 is 0 Å². The van der Waals surface area contributed by atoms with Crippen LogP contribution in [0, 0.1) is 11.8 Å². The molecule has 7 rings (SSSR count). The van der Waals surface area contributed by atoms with E-state index in [4.69, 9.17) is 0 Å². The number of likely N-dealkylation sites (tertiary alicyclic amines) is 2. The standard InChI is InChI=1S/C24H31N5O4.2C11H13NO.C4H11N/c1-25-16-21(31)27-22(24(33)29-14-4-5-15-29)19-9-6-18(7-10-19)8-11-20(26-17-30)23(32)28-12-2-3-13-28;2*13-8-12-11-7-3-5-9-4-1-2-6-10(9)11;1-4(2)5-3/h6-7,9-10,17,20,22,25H,2-5,12-16H2,1H3,(H,26,30)(H,27,31);2*1-2,4,6,8,11H,3,5,7H2,(H,12,13);4-5H,1-3H3. The Morgan fingerprint density at radius 3 is 1.61 bits per heavy atom. The summed E-state index contributed by atoms with van der Waals surface area (Å²) in [6.07, 6.45) is 12.7. The molecule has 0 aromatic heterocycles. The van der Waals surface area contributed by atoms with E-state index in [1.807, 2.05) is 19.2 Å². The van der Waals surface area contributed by atoms with Crippen LogP contribution in [0.2, 0.25) is 0 Å². The Morgan fingerprint density at radius 1 is 0.672 bits per heavy atom. The average Bonchev–Trinajstić information content (AvgIpc) is 4.07. The quantitative estimate of drug-likeness (QED) is 0.110. The first-order chi connectivity index (χ1) is 31.1. The van der Waals surface area contributed by atoms with Crippen molar-refractivity contribution in [1.29, 1.82) is 0 Å². The molecule has 0 bridgehead atoms. The lowest BCUT2D eigenvalue weighted by atomic mass is 9.88. The number of carbonyl (C=O) groups is 6. The highest BCUT2D eigenvalue weighted by atomic mass is 16.2. The molecule has 14 nitrogen and oxygen atoms in total. The van der Waals surface area contributed by atoms with E-state index in [1.54, 1.807) is 41.1 Å². The fourth-order valence-corrected chi connectivity index (χ4v) is 8.08. The number of carbonyl (C=O) groups excluding carboxylic acids is 6. The minimum atomic E-state index is -0.898. The Kier molecular flexibility index (Phi) is 22.1. The van der Waals surface area contributed by atoms with Gasteiger partial charge in [0, 0.05) is 37.8 Å². The Hall–Kier alpha value is -6.04. The molecule has 6 amide bonds. The van der Waals surface area contributed by atoms with Crippen molar-refractivity contribution in [2.75, 3.05) is 46.8 Å². The zero-order chi connectivity index (χ0) is 46.1. The van der Waals surface area contributed by atoms with Crippen LogP contribution < -0.4 is 31.9 Å². The van der Waals surface area contributed by atoms with E-state index in [-0.39, 0.29) is 36.3 Å². The maximum absolute atomic E-state index is 13.0. The van der Waals surface area contributed by atoms with Gasteiger partial charge in [-0.05, 0) is 118 Å². The molecule has 2 heterocycles. The third kappa shape index (κ3) is 15.9. The topological polar surface area (TPSA) is 181 Å². The molecule has 2 aliphatic heterocycles. The van der Waals surface area contributed by atoms with Gasteiger partial charge in [-0.1, -0.05) is 86.4 Å². The normalized spacial score (nSPS) is 17.8. The van der Waals surface area contributed by atoms with Crippen LogP contribution in [0.1, 0.15) is 117 Å².